The number of hydrogen-bond donors (Lipinski definition) is 4. The molecule has 1 aromatic rings. The number of aromatic nitrogens is 2. The normalized spacial score (nSPS) is 20.6. The van der Waals surface area contributed by atoms with Crippen LogP contribution in [0.5, 0.6) is 0 Å². The minimum atomic E-state index is -1.39. The van der Waals surface area contributed by atoms with E-state index in [4.69, 9.17) is 9.47 Å². The zero-order chi connectivity index (χ0) is 29.0. The molecule has 0 unspecified atom stereocenters. The van der Waals surface area contributed by atoms with Crippen LogP contribution in [-0.2, 0) is 9.47 Å². The van der Waals surface area contributed by atoms with Gasteiger partial charge in [-0.1, -0.05) is 116 Å². The zero-order valence-corrected chi connectivity index (χ0v) is 24.5. The van der Waals surface area contributed by atoms with Crippen molar-refractivity contribution in [1.29, 1.82) is 0 Å². The molecule has 2 heterocycles. The molecule has 2 rings (SSSR count). The van der Waals surface area contributed by atoms with Crippen LogP contribution in [0.1, 0.15) is 129 Å². The maximum Gasteiger partial charge on any atom is 0.412 e. The molecule has 0 spiro atoms. The van der Waals surface area contributed by atoms with Crippen molar-refractivity contribution < 1.29 is 29.6 Å². The van der Waals surface area contributed by atoms with Gasteiger partial charge in [-0.2, -0.15) is 4.98 Å². The molecule has 1 aliphatic rings. The first-order chi connectivity index (χ1) is 19.5. The predicted molar refractivity (Wildman–Crippen MR) is 155 cm³/mol. The van der Waals surface area contributed by atoms with Crippen LogP contribution in [0.3, 0.4) is 0 Å². The zero-order valence-electron chi connectivity index (χ0n) is 24.5. The number of carbonyl (C=O) groups is 1. The number of aliphatic hydroxyl groups is 3. The summed E-state index contributed by atoms with van der Waals surface area (Å²) in [5, 5.41) is 31.6. The van der Waals surface area contributed by atoms with E-state index < -0.39 is 42.9 Å². The smallest absolute Gasteiger partial charge is 0.412 e. The third kappa shape index (κ3) is 13.1. The summed E-state index contributed by atoms with van der Waals surface area (Å²) in [6.07, 6.45) is 19.0. The molecule has 0 aliphatic carbocycles. The van der Waals surface area contributed by atoms with Gasteiger partial charge in [-0.05, 0) is 12.5 Å². The molecule has 1 amide bonds. The monoisotopic (exact) mass is 567 g/mol. The molecule has 1 fully saturated rings. The van der Waals surface area contributed by atoms with E-state index in [0.717, 1.165) is 23.8 Å². The number of amides is 1. The number of carbonyl (C=O) groups excluding carboxylic acids is 1. The summed E-state index contributed by atoms with van der Waals surface area (Å²) >= 11 is 0. The lowest BCUT2D eigenvalue weighted by molar-refractivity contribution is -0.0549. The Morgan fingerprint density at radius 3 is 1.82 bits per heavy atom. The summed E-state index contributed by atoms with van der Waals surface area (Å²) in [6, 6.07) is 1.37. The fourth-order valence-corrected chi connectivity index (χ4v) is 5.10. The van der Waals surface area contributed by atoms with Gasteiger partial charge >= 0.3 is 11.8 Å². The van der Waals surface area contributed by atoms with E-state index >= 15 is 0 Å². The van der Waals surface area contributed by atoms with E-state index in [-0.39, 0.29) is 5.82 Å². The maximum absolute atomic E-state index is 12.3. The van der Waals surface area contributed by atoms with E-state index in [0.29, 0.717) is 6.61 Å². The lowest BCUT2D eigenvalue weighted by Crippen LogP contribution is -2.36. The van der Waals surface area contributed by atoms with Crippen LogP contribution in [0.15, 0.2) is 17.1 Å². The van der Waals surface area contributed by atoms with Gasteiger partial charge in [0.15, 0.2) is 6.23 Å². The molecule has 4 N–H and O–H groups in total. The second-order valence-electron chi connectivity index (χ2n) is 11.0. The highest BCUT2D eigenvalue weighted by Crippen LogP contribution is 2.28. The van der Waals surface area contributed by atoms with Crippen molar-refractivity contribution in [3.63, 3.8) is 0 Å². The van der Waals surface area contributed by atoms with Gasteiger partial charge in [-0.3, -0.25) is 9.88 Å². The highest BCUT2D eigenvalue weighted by molar-refractivity contribution is 5.83. The lowest BCUT2D eigenvalue weighted by Gasteiger charge is -2.17. The van der Waals surface area contributed by atoms with E-state index in [1.807, 2.05) is 0 Å². The molecular weight excluding hydrogens is 514 g/mol. The molecule has 0 radical (unpaired) electrons. The number of ether oxygens (including phenoxy) is 2. The number of nitrogens with zero attached hydrogens (tertiary/aromatic N) is 2. The molecular formula is C30H53N3O7. The van der Waals surface area contributed by atoms with Crippen molar-refractivity contribution in [3.05, 3.63) is 22.7 Å². The first kappa shape index (κ1) is 34.2. The van der Waals surface area contributed by atoms with Crippen LogP contribution < -0.4 is 11.0 Å². The van der Waals surface area contributed by atoms with Gasteiger partial charge in [-0.25, -0.2) is 9.59 Å². The Morgan fingerprint density at radius 2 is 1.38 bits per heavy atom. The molecule has 0 aromatic carbocycles. The Bertz CT molecular complexity index is 866. The Labute approximate surface area is 239 Å². The Kier molecular flexibility index (Phi) is 17.8. The third-order valence-corrected chi connectivity index (χ3v) is 7.58. The summed E-state index contributed by atoms with van der Waals surface area (Å²) < 4.78 is 11.5. The van der Waals surface area contributed by atoms with E-state index in [2.05, 4.69) is 17.2 Å². The van der Waals surface area contributed by atoms with Gasteiger partial charge in [0, 0.05) is 6.20 Å². The third-order valence-electron chi connectivity index (χ3n) is 7.58. The van der Waals surface area contributed by atoms with Crippen LogP contribution in [0.25, 0.3) is 0 Å². The summed E-state index contributed by atoms with van der Waals surface area (Å²) in [5.41, 5.74) is -0.781. The van der Waals surface area contributed by atoms with Crippen LogP contribution >= 0.6 is 0 Å². The summed E-state index contributed by atoms with van der Waals surface area (Å²) in [7, 11) is 0. The Balaban J connectivity index is 1.43. The SMILES string of the molecule is CCCCCCCCCCCCCCCCCCCCOC(=O)Nc1ccn([C@@H]2O[C@H](CO)[C@@H](O)[C@@H]2O)c(=O)n1. The molecule has 0 saturated carbocycles. The van der Waals surface area contributed by atoms with Crippen LogP contribution in [0.2, 0.25) is 0 Å². The number of rotatable bonds is 22. The lowest BCUT2D eigenvalue weighted by atomic mass is 10.0. The average molecular weight is 568 g/mol. The first-order valence-corrected chi connectivity index (χ1v) is 15.6. The van der Waals surface area contributed by atoms with Crippen LogP contribution in [0, 0.1) is 0 Å². The van der Waals surface area contributed by atoms with E-state index in [1.54, 1.807) is 0 Å². The molecule has 0 bridgehead atoms. The first-order valence-electron chi connectivity index (χ1n) is 15.6. The predicted octanol–water partition coefficient (Wildman–Crippen LogP) is 5.45. The number of hydrogen-bond acceptors (Lipinski definition) is 8. The van der Waals surface area contributed by atoms with Gasteiger partial charge in [0.25, 0.3) is 0 Å². The topological polar surface area (TPSA) is 143 Å². The molecule has 4 atom stereocenters. The molecule has 1 saturated heterocycles. The number of unbranched alkanes of at least 4 members (excludes halogenated alkanes) is 17. The fourth-order valence-electron chi connectivity index (χ4n) is 5.10. The van der Waals surface area contributed by atoms with Crippen molar-refractivity contribution >= 4 is 11.9 Å². The van der Waals surface area contributed by atoms with Gasteiger partial charge in [0.05, 0.1) is 13.2 Å². The quantitative estimate of drug-likeness (QED) is 0.136. The van der Waals surface area contributed by atoms with E-state index in [9.17, 15) is 24.9 Å². The standard InChI is InChI=1S/C30H53N3O7/c1-2-3-4-5-6-7-8-9-10-11-12-13-14-15-16-17-18-19-22-39-30(38)32-25-20-21-33(29(37)31-25)28-27(36)26(35)24(23-34)40-28/h20-21,24,26-28,34-36H,2-19,22-23H2,1H3,(H,31,32,37,38)/t24-,26-,27+,28-/m1/s1. The van der Waals surface area contributed by atoms with Crippen molar-refractivity contribution in [3.8, 4) is 0 Å². The Morgan fingerprint density at radius 1 is 0.875 bits per heavy atom. The van der Waals surface area contributed by atoms with Gasteiger partial charge < -0.3 is 24.8 Å². The van der Waals surface area contributed by atoms with Gasteiger partial charge in [0.2, 0.25) is 0 Å². The summed E-state index contributed by atoms with van der Waals surface area (Å²) in [4.78, 5) is 28.1. The molecule has 40 heavy (non-hydrogen) atoms. The van der Waals surface area contributed by atoms with Crippen molar-refractivity contribution in [2.45, 2.75) is 147 Å². The highest BCUT2D eigenvalue weighted by atomic mass is 16.6. The molecule has 1 aliphatic heterocycles. The van der Waals surface area contributed by atoms with Crippen molar-refractivity contribution in [2.24, 2.45) is 0 Å². The minimum absolute atomic E-state index is 0.01000. The average Bonchev–Trinajstić information content (AvgIpc) is 3.23. The second kappa shape index (κ2) is 20.8. The summed E-state index contributed by atoms with van der Waals surface area (Å²) in [6.45, 7) is 2.06. The molecule has 230 valence electrons. The second-order valence-corrected chi connectivity index (χ2v) is 11.0. The number of nitrogens with one attached hydrogen (secondary N) is 1. The maximum atomic E-state index is 12.3. The number of aliphatic hydroxyl groups excluding tert-OH is 3. The van der Waals surface area contributed by atoms with E-state index in [1.165, 1.54) is 109 Å². The van der Waals surface area contributed by atoms with Gasteiger partial charge in [-0.15, -0.1) is 0 Å². The fraction of sp³-hybridized carbons (Fsp3) is 0.833. The number of anilines is 1. The van der Waals surface area contributed by atoms with Crippen LogP contribution in [-0.4, -0.2) is 62.5 Å². The van der Waals surface area contributed by atoms with Crippen molar-refractivity contribution in [1.82, 2.24) is 9.55 Å². The summed E-state index contributed by atoms with van der Waals surface area (Å²) in [5.74, 6) is 0.01000. The highest BCUT2D eigenvalue weighted by Gasteiger charge is 2.43. The van der Waals surface area contributed by atoms with Crippen LogP contribution in [0.4, 0.5) is 10.6 Å². The van der Waals surface area contributed by atoms with Gasteiger partial charge in [0.1, 0.15) is 24.1 Å². The Hall–Kier alpha value is -2.01. The largest absolute Gasteiger partial charge is 0.449 e. The van der Waals surface area contributed by atoms with Crippen molar-refractivity contribution in [2.75, 3.05) is 18.5 Å². The minimum Gasteiger partial charge on any atom is -0.449 e. The molecule has 10 heteroatoms. The molecule has 1 aromatic heterocycles. The molecule has 10 nitrogen and oxygen atoms in total.